The predicted molar refractivity (Wildman–Crippen MR) is 127 cm³/mol. The van der Waals surface area contributed by atoms with Crippen molar-refractivity contribution in [3.05, 3.63) is 112 Å². The van der Waals surface area contributed by atoms with Crippen molar-refractivity contribution in [1.29, 1.82) is 0 Å². The summed E-state index contributed by atoms with van der Waals surface area (Å²) in [4.78, 5) is 30.2. The molecule has 0 aliphatic rings. The zero-order valence-electron chi connectivity index (χ0n) is 18.8. The third-order valence-electron chi connectivity index (χ3n) is 5.78. The van der Waals surface area contributed by atoms with Crippen molar-refractivity contribution >= 4 is 16.9 Å². The minimum atomic E-state index is -0.717. The second-order valence-corrected chi connectivity index (χ2v) is 8.19. The van der Waals surface area contributed by atoms with Gasteiger partial charge in [0.25, 0.3) is 5.56 Å². The number of rotatable bonds is 8. The van der Waals surface area contributed by atoms with E-state index in [1.807, 2.05) is 54.6 Å². The van der Waals surface area contributed by atoms with E-state index in [1.54, 1.807) is 11.5 Å². The first-order valence-corrected chi connectivity index (χ1v) is 11.2. The van der Waals surface area contributed by atoms with Gasteiger partial charge in [0.2, 0.25) is 5.91 Å². The molecule has 4 rings (SSSR count). The Hall–Kier alpha value is -3.87. The fraction of sp³-hybridized carbons (Fsp3) is 0.222. The molecule has 3 aromatic carbocycles. The second kappa shape index (κ2) is 10.4. The maximum Gasteiger partial charge on any atom is 0.272 e. The molecule has 0 aliphatic carbocycles. The van der Waals surface area contributed by atoms with Gasteiger partial charge in [-0.05, 0) is 37.1 Å². The van der Waals surface area contributed by atoms with Gasteiger partial charge in [0.1, 0.15) is 17.3 Å². The van der Waals surface area contributed by atoms with Gasteiger partial charge < -0.3 is 9.88 Å². The maximum atomic E-state index is 14.0. The van der Waals surface area contributed by atoms with E-state index in [2.05, 4.69) is 10.3 Å². The van der Waals surface area contributed by atoms with Gasteiger partial charge in [0, 0.05) is 31.0 Å². The van der Waals surface area contributed by atoms with E-state index in [-0.39, 0.29) is 29.9 Å². The Morgan fingerprint density at radius 2 is 1.74 bits per heavy atom. The molecule has 0 bridgehead atoms. The molecular formula is C27H25F2N3O2. The molecule has 174 valence electrons. The summed E-state index contributed by atoms with van der Waals surface area (Å²) in [5, 5.41) is 2.71. The van der Waals surface area contributed by atoms with Gasteiger partial charge in [-0.1, -0.05) is 48.5 Å². The summed E-state index contributed by atoms with van der Waals surface area (Å²) in [7, 11) is 0. The van der Waals surface area contributed by atoms with Crippen LogP contribution >= 0.6 is 0 Å². The SMILES string of the molecule is C[C@H](NC(=O)CCc1nc2ccccc2n(CCc2ccccc2)c1=O)c1ccc(F)cc1F. The summed E-state index contributed by atoms with van der Waals surface area (Å²) in [5.41, 5.74) is 2.84. The number of hydrogen-bond acceptors (Lipinski definition) is 3. The Morgan fingerprint density at radius 3 is 2.50 bits per heavy atom. The van der Waals surface area contributed by atoms with Gasteiger partial charge in [0.15, 0.2) is 0 Å². The molecule has 0 radical (unpaired) electrons. The predicted octanol–water partition coefficient (Wildman–Crippen LogP) is 4.73. The molecule has 0 saturated heterocycles. The molecule has 7 heteroatoms. The molecular weight excluding hydrogens is 436 g/mol. The molecule has 1 amide bonds. The Bertz CT molecular complexity index is 1370. The number of carbonyl (C=O) groups excluding carboxylic acids is 1. The van der Waals surface area contributed by atoms with Crippen LogP contribution in [-0.4, -0.2) is 15.5 Å². The van der Waals surface area contributed by atoms with E-state index < -0.39 is 17.7 Å². The second-order valence-electron chi connectivity index (χ2n) is 8.19. The number of aromatic nitrogens is 2. The third-order valence-corrected chi connectivity index (χ3v) is 5.78. The number of benzene rings is 3. The van der Waals surface area contributed by atoms with Crippen molar-refractivity contribution in [2.45, 2.75) is 38.8 Å². The van der Waals surface area contributed by atoms with Crippen LogP contribution < -0.4 is 10.9 Å². The van der Waals surface area contributed by atoms with Crippen LogP contribution in [0.3, 0.4) is 0 Å². The summed E-state index contributed by atoms with van der Waals surface area (Å²) < 4.78 is 28.9. The van der Waals surface area contributed by atoms with Crippen LogP contribution in [0.5, 0.6) is 0 Å². The number of halogens is 2. The summed E-state index contributed by atoms with van der Waals surface area (Å²) >= 11 is 0. The molecule has 1 atom stereocenters. The molecule has 0 saturated carbocycles. The van der Waals surface area contributed by atoms with E-state index in [1.165, 1.54) is 6.07 Å². The number of carbonyl (C=O) groups is 1. The van der Waals surface area contributed by atoms with Crippen molar-refractivity contribution in [2.24, 2.45) is 0 Å². The highest BCUT2D eigenvalue weighted by molar-refractivity contribution is 5.77. The lowest BCUT2D eigenvalue weighted by Crippen LogP contribution is -2.30. The molecule has 0 aliphatic heterocycles. The number of hydrogen-bond donors (Lipinski definition) is 1. The number of aryl methyl sites for hydroxylation is 3. The van der Waals surface area contributed by atoms with E-state index in [4.69, 9.17) is 0 Å². The average Bonchev–Trinajstić information content (AvgIpc) is 2.83. The zero-order valence-corrected chi connectivity index (χ0v) is 18.8. The minimum Gasteiger partial charge on any atom is -0.349 e. The number of para-hydroxylation sites is 2. The van der Waals surface area contributed by atoms with E-state index in [0.717, 1.165) is 23.2 Å². The molecule has 5 nitrogen and oxygen atoms in total. The van der Waals surface area contributed by atoms with Crippen LogP contribution in [0.4, 0.5) is 8.78 Å². The molecule has 1 heterocycles. The number of fused-ring (bicyclic) bond motifs is 1. The minimum absolute atomic E-state index is 0.0203. The number of amides is 1. The lowest BCUT2D eigenvalue weighted by molar-refractivity contribution is -0.121. The highest BCUT2D eigenvalue weighted by Gasteiger charge is 2.16. The Kier molecular flexibility index (Phi) is 7.11. The quantitative estimate of drug-likeness (QED) is 0.413. The van der Waals surface area contributed by atoms with Gasteiger partial charge >= 0.3 is 0 Å². The molecule has 1 aromatic heterocycles. The lowest BCUT2D eigenvalue weighted by atomic mass is 10.1. The third kappa shape index (κ3) is 5.36. The average molecular weight is 462 g/mol. The van der Waals surface area contributed by atoms with Crippen molar-refractivity contribution < 1.29 is 13.6 Å². The molecule has 0 fully saturated rings. The van der Waals surface area contributed by atoms with Crippen molar-refractivity contribution in [2.75, 3.05) is 0 Å². The number of nitrogens with zero attached hydrogens (tertiary/aromatic N) is 2. The van der Waals surface area contributed by atoms with Gasteiger partial charge in [-0.25, -0.2) is 13.8 Å². The zero-order chi connectivity index (χ0) is 24.1. The first-order chi connectivity index (χ1) is 16.4. The van der Waals surface area contributed by atoms with Crippen molar-refractivity contribution in [1.82, 2.24) is 14.9 Å². The van der Waals surface area contributed by atoms with Gasteiger partial charge in [-0.3, -0.25) is 9.59 Å². The van der Waals surface area contributed by atoms with Crippen molar-refractivity contribution in [3.63, 3.8) is 0 Å². The van der Waals surface area contributed by atoms with E-state index in [9.17, 15) is 18.4 Å². The summed E-state index contributed by atoms with van der Waals surface area (Å²) in [6.07, 6.45) is 0.862. The van der Waals surface area contributed by atoms with Crippen LogP contribution in [0, 0.1) is 11.6 Å². The first-order valence-electron chi connectivity index (χ1n) is 11.2. The van der Waals surface area contributed by atoms with Gasteiger partial charge in [-0.15, -0.1) is 0 Å². The van der Waals surface area contributed by atoms with Crippen LogP contribution in [0.2, 0.25) is 0 Å². The maximum absolute atomic E-state index is 14.0. The van der Waals surface area contributed by atoms with Crippen LogP contribution in [0.25, 0.3) is 11.0 Å². The topological polar surface area (TPSA) is 64.0 Å². The van der Waals surface area contributed by atoms with Crippen LogP contribution in [0.1, 0.15) is 36.2 Å². The highest BCUT2D eigenvalue weighted by Crippen LogP contribution is 2.18. The molecule has 0 unspecified atom stereocenters. The normalized spacial score (nSPS) is 12.0. The lowest BCUT2D eigenvalue weighted by Gasteiger charge is -2.15. The molecule has 4 aromatic rings. The fourth-order valence-electron chi connectivity index (χ4n) is 3.99. The molecule has 1 N–H and O–H groups in total. The van der Waals surface area contributed by atoms with Gasteiger partial charge in [-0.2, -0.15) is 0 Å². The Morgan fingerprint density at radius 1 is 1.00 bits per heavy atom. The standard InChI is InChI=1S/C27H25F2N3O2/c1-18(21-12-11-20(28)17-22(21)29)30-26(33)14-13-24-27(34)32(16-15-19-7-3-2-4-8-19)25-10-6-5-9-23(25)31-24/h2-12,17-18H,13-16H2,1H3,(H,30,33)/t18-/m0/s1. The summed E-state index contributed by atoms with van der Waals surface area (Å²) in [6, 6.07) is 20.0. The van der Waals surface area contributed by atoms with Crippen LogP contribution in [0.15, 0.2) is 77.6 Å². The van der Waals surface area contributed by atoms with E-state index in [0.29, 0.717) is 24.2 Å². The number of nitrogens with one attached hydrogen (secondary N) is 1. The largest absolute Gasteiger partial charge is 0.349 e. The Balaban J connectivity index is 1.49. The fourth-order valence-corrected chi connectivity index (χ4v) is 3.99. The molecule has 34 heavy (non-hydrogen) atoms. The molecule has 0 spiro atoms. The Labute approximate surface area is 196 Å². The monoisotopic (exact) mass is 461 g/mol. The smallest absolute Gasteiger partial charge is 0.272 e. The van der Waals surface area contributed by atoms with E-state index >= 15 is 0 Å². The summed E-state index contributed by atoms with van der Waals surface area (Å²) in [6.45, 7) is 2.12. The van der Waals surface area contributed by atoms with Gasteiger partial charge in [0.05, 0.1) is 17.1 Å². The van der Waals surface area contributed by atoms with Crippen LogP contribution in [-0.2, 0) is 24.2 Å². The summed E-state index contributed by atoms with van der Waals surface area (Å²) in [5.74, 6) is -1.74. The van der Waals surface area contributed by atoms with Crippen molar-refractivity contribution in [3.8, 4) is 0 Å². The first kappa shape index (κ1) is 23.3. The highest BCUT2D eigenvalue weighted by atomic mass is 19.1.